The highest BCUT2D eigenvalue weighted by Gasteiger charge is 2.12. The Hall–Kier alpha value is -0.0800. The van der Waals surface area contributed by atoms with Crippen molar-refractivity contribution in [1.82, 2.24) is 10.2 Å². The van der Waals surface area contributed by atoms with Crippen molar-refractivity contribution in [3.05, 3.63) is 0 Å². The predicted octanol–water partition coefficient (Wildman–Crippen LogP) is 0.690. The van der Waals surface area contributed by atoms with Gasteiger partial charge in [0.1, 0.15) is 0 Å². The number of nitrogens with zero attached hydrogens (tertiary/aromatic N) is 1. The van der Waals surface area contributed by atoms with Crippen LogP contribution >= 0.6 is 0 Å². The minimum Gasteiger partial charge on any atom is -0.315 e. The monoisotopic (exact) mass is 142 g/mol. The summed E-state index contributed by atoms with van der Waals surface area (Å²) in [7, 11) is 4.33. The van der Waals surface area contributed by atoms with Gasteiger partial charge in [-0.05, 0) is 33.5 Å². The summed E-state index contributed by atoms with van der Waals surface area (Å²) in [6, 6.07) is 0.766. The van der Waals surface area contributed by atoms with Gasteiger partial charge in [-0.25, -0.2) is 0 Å². The Morgan fingerprint density at radius 3 is 2.80 bits per heavy atom. The summed E-state index contributed by atoms with van der Waals surface area (Å²) in [4.78, 5) is 2.32. The van der Waals surface area contributed by atoms with Gasteiger partial charge in [0.05, 0.1) is 0 Å². The molecule has 0 amide bonds. The van der Waals surface area contributed by atoms with Gasteiger partial charge >= 0.3 is 0 Å². The average Bonchev–Trinajstić information content (AvgIpc) is 2.12. The molecular formula is C8H18N2. The van der Waals surface area contributed by atoms with Gasteiger partial charge in [-0.3, -0.25) is 0 Å². The van der Waals surface area contributed by atoms with Crippen LogP contribution in [0.1, 0.15) is 19.3 Å². The molecule has 1 saturated heterocycles. The van der Waals surface area contributed by atoms with Gasteiger partial charge in [-0.15, -0.1) is 0 Å². The minimum atomic E-state index is 0.766. The molecule has 1 heterocycles. The number of nitrogens with one attached hydrogen (secondary N) is 1. The summed E-state index contributed by atoms with van der Waals surface area (Å²) in [5.41, 5.74) is 0. The number of hydrogen-bond donors (Lipinski definition) is 1. The normalized spacial score (nSPS) is 28.5. The molecule has 1 fully saturated rings. The average molecular weight is 142 g/mol. The molecule has 1 N–H and O–H groups in total. The fraction of sp³-hybridized carbons (Fsp3) is 1.00. The SMILES string of the molecule is CN(C)C1CCCCNC1. The van der Waals surface area contributed by atoms with Crippen LogP contribution in [0.5, 0.6) is 0 Å². The van der Waals surface area contributed by atoms with Crippen molar-refractivity contribution in [2.45, 2.75) is 25.3 Å². The number of hydrogen-bond acceptors (Lipinski definition) is 2. The van der Waals surface area contributed by atoms with Crippen LogP contribution in [0.3, 0.4) is 0 Å². The topological polar surface area (TPSA) is 15.3 Å². The van der Waals surface area contributed by atoms with Gasteiger partial charge in [0.15, 0.2) is 0 Å². The molecule has 60 valence electrons. The molecule has 1 rings (SSSR count). The first-order valence-electron chi connectivity index (χ1n) is 4.18. The van der Waals surface area contributed by atoms with Gasteiger partial charge in [0.25, 0.3) is 0 Å². The van der Waals surface area contributed by atoms with E-state index < -0.39 is 0 Å². The van der Waals surface area contributed by atoms with Crippen molar-refractivity contribution < 1.29 is 0 Å². The van der Waals surface area contributed by atoms with E-state index in [9.17, 15) is 0 Å². The van der Waals surface area contributed by atoms with Crippen molar-refractivity contribution in [1.29, 1.82) is 0 Å². The molecule has 10 heavy (non-hydrogen) atoms. The second-order valence-corrected chi connectivity index (χ2v) is 3.32. The lowest BCUT2D eigenvalue weighted by Crippen LogP contribution is -2.36. The van der Waals surface area contributed by atoms with E-state index in [0.717, 1.165) is 6.04 Å². The lowest BCUT2D eigenvalue weighted by atomic mass is 10.1. The van der Waals surface area contributed by atoms with Crippen molar-refractivity contribution in [2.24, 2.45) is 0 Å². The van der Waals surface area contributed by atoms with E-state index in [4.69, 9.17) is 0 Å². The summed E-state index contributed by atoms with van der Waals surface area (Å²) in [6.07, 6.45) is 4.10. The molecule has 0 aromatic heterocycles. The summed E-state index contributed by atoms with van der Waals surface area (Å²) in [5, 5.41) is 3.44. The molecule has 1 aliphatic heterocycles. The van der Waals surface area contributed by atoms with Crippen LogP contribution in [-0.4, -0.2) is 38.1 Å². The van der Waals surface area contributed by atoms with E-state index in [1.54, 1.807) is 0 Å². The Balaban J connectivity index is 2.28. The van der Waals surface area contributed by atoms with E-state index in [0.29, 0.717) is 0 Å². The second kappa shape index (κ2) is 3.94. The van der Waals surface area contributed by atoms with E-state index in [2.05, 4.69) is 24.3 Å². The highest BCUT2D eigenvalue weighted by Crippen LogP contribution is 2.07. The first kappa shape index (κ1) is 8.02. The third kappa shape index (κ3) is 2.27. The third-order valence-electron chi connectivity index (χ3n) is 2.25. The van der Waals surface area contributed by atoms with Gasteiger partial charge in [0.2, 0.25) is 0 Å². The van der Waals surface area contributed by atoms with Gasteiger partial charge in [-0.1, -0.05) is 6.42 Å². The zero-order valence-electron chi connectivity index (χ0n) is 7.06. The van der Waals surface area contributed by atoms with Crippen LogP contribution in [-0.2, 0) is 0 Å². The van der Waals surface area contributed by atoms with E-state index in [1.807, 2.05) is 0 Å². The molecule has 0 aliphatic carbocycles. The van der Waals surface area contributed by atoms with Crippen molar-refractivity contribution in [3.63, 3.8) is 0 Å². The number of likely N-dealkylation sites (N-methyl/N-ethyl adjacent to an activating group) is 1. The minimum absolute atomic E-state index is 0.766. The van der Waals surface area contributed by atoms with Crippen molar-refractivity contribution in [3.8, 4) is 0 Å². The first-order chi connectivity index (χ1) is 4.80. The van der Waals surface area contributed by atoms with Gasteiger partial charge in [-0.2, -0.15) is 0 Å². The molecule has 0 aromatic carbocycles. The molecule has 2 nitrogen and oxygen atoms in total. The zero-order valence-corrected chi connectivity index (χ0v) is 7.06. The van der Waals surface area contributed by atoms with Crippen LogP contribution in [0, 0.1) is 0 Å². The van der Waals surface area contributed by atoms with Crippen LogP contribution in [0.4, 0.5) is 0 Å². The Labute approximate surface area is 63.6 Å². The second-order valence-electron chi connectivity index (χ2n) is 3.32. The van der Waals surface area contributed by atoms with E-state index in [-0.39, 0.29) is 0 Å². The standard InChI is InChI=1S/C8H18N2/c1-10(2)8-5-3-4-6-9-7-8/h8-9H,3-7H2,1-2H3. The fourth-order valence-electron chi connectivity index (χ4n) is 1.44. The largest absolute Gasteiger partial charge is 0.315 e. The maximum Gasteiger partial charge on any atom is 0.0214 e. The molecule has 1 atom stereocenters. The van der Waals surface area contributed by atoms with Crippen LogP contribution in [0.25, 0.3) is 0 Å². The molecule has 2 heteroatoms. The highest BCUT2D eigenvalue weighted by atomic mass is 15.1. The van der Waals surface area contributed by atoms with Gasteiger partial charge in [0, 0.05) is 12.6 Å². The van der Waals surface area contributed by atoms with E-state index >= 15 is 0 Å². The summed E-state index contributed by atoms with van der Waals surface area (Å²) in [5.74, 6) is 0. The fourth-order valence-corrected chi connectivity index (χ4v) is 1.44. The lowest BCUT2D eigenvalue weighted by molar-refractivity contribution is 0.279. The van der Waals surface area contributed by atoms with Crippen molar-refractivity contribution in [2.75, 3.05) is 27.2 Å². The predicted molar refractivity (Wildman–Crippen MR) is 44.2 cm³/mol. The molecule has 0 aromatic rings. The lowest BCUT2D eigenvalue weighted by Gasteiger charge is -2.21. The third-order valence-corrected chi connectivity index (χ3v) is 2.25. The first-order valence-corrected chi connectivity index (χ1v) is 4.18. The maximum absolute atomic E-state index is 3.44. The van der Waals surface area contributed by atoms with Crippen LogP contribution < -0.4 is 5.32 Å². The molecular weight excluding hydrogens is 124 g/mol. The Kier molecular flexibility index (Phi) is 3.16. The molecule has 0 spiro atoms. The summed E-state index contributed by atoms with van der Waals surface area (Å²) >= 11 is 0. The Morgan fingerprint density at radius 1 is 1.30 bits per heavy atom. The summed E-state index contributed by atoms with van der Waals surface area (Å²) in [6.45, 7) is 2.39. The van der Waals surface area contributed by atoms with Gasteiger partial charge < -0.3 is 10.2 Å². The molecule has 1 aliphatic rings. The maximum atomic E-state index is 3.44. The smallest absolute Gasteiger partial charge is 0.0214 e. The Bertz CT molecular complexity index is 83.3. The molecule has 0 saturated carbocycles. The molecule has 0 radical (unpaired) electrons. The van der Waals surface area contributed by atoms with Crippen LogP contribution in [0.2, 0.25) is 0 Å². The summed E-state index contributed by atoms with van der Waals surface area (Å²) < 4.78 is 0. The number of rotatable bonds is 1. The Morgan fingerprint density at radius 2 is 2.10 bits per heavy atom. The van der Waals surface area contributed by atoms with Crippen LogP contribution in [0.15, 0.2) is 0 Å². The zero-order chi connectivity index (χ0) is 7.40. The van der Waals surface area contributed by atoms with Crippen molar-refractivity contribution >= 4 is 0 Å². The molecule has 0 bridgehead atoms. The highest BCUT2D eigenvalue weighted by molar-refractivity contribution is 4.72. The van der Waals surface area contributed by atoms with E-state index in [1.165, 1.54) is 32.4 Å². The quantitative estimate of drug-likeness (QED) is 0.579. The molecule has 1 unspecified atom stereocenters.